The summed E-state index contributed by atoms with van der Waals surface area (Å²) in [7, 11) is 0. The van der Waals surface area contributed by atoms with Gasteiger partial charge in [-0.3, -0.25) is 0 Å². The van der Waals surface area contributed by atoms with Gasteiger partial charge in [-0.1, -0.05) is 0 Å². The molecule has 0 radical (unpaired) electrons. The molecule has 19 N–H and O–H groups in total. The zero-order valence-corrected chi connectivity index (χ0v) is 22.8. The van der Waals surface area contributed by atoms with E-state index in [4.69, 9.17) is 62.8 Å². The molecule has 3 saturated heterocycles. The quantitative estimate of drug-likeness (QED) is 0.115. The third-order valence-corrected chi connectivity index (χ3v) is 8.37. The molecule has 0 bridgehead atoms. The standard InChI is InChI=1S/C23H46N6O13/c24-2-7-13(32)15(34)10(28)21(37-7)40-18-6(27)1-5(26)12(31)20(18)42-23-17(36)19(9(4-30)39-23)41-22-11(29)16(35)14(33)8(3-25)38-22/h5-23,30-36H,1-4,24-29H2/t5?,6?,7?,8?,9-,10?,11?,12?,13-,14-,15?,16?,17?,18?,19?,20-,21-,22-,23+/m1/s1. The number of ether oxygens (including phenoxy) is 6. The molecule has 0 aromatic rings. The molecule has 19 heteroatoms. The minimum Gasteiger partial charge on any atom is -0.394 e. The Morgan fingerprint density at radius 2 is 0.976 bits per heavy atom. The van der Waals surface area contributed by atoms with Crippen LogP contribution in [-0.4, -0.2) is 172 Å². The fraction of sp³-hybridized carbons (Fsp3) is 1.00. The van der Waals surface area contributed by atoms with Crippen molar-refractivity contribution in [2.75, 3.05) is 19.7 Å². The van der Waals surface area contributed by atoms with E-state index in [-0.39, 0.29) is 19.5 Å². The highest BCUT2D eigenvalue weighted by atomic mass is 16.8. The highest BCUT2D eigenvalue weighted by molar-refractivity contribution is 5.02. The van der Waals surface area contributed by atoms with Crippen molar-refractivity contribution >= 4 is 0 Å². The third kappa shape index (κ3) is 6.60. The molecule has 4 aliphatic rings. The summed E-state index contributed by atoms with van der Waals surface area (Å²) >= 11 is 0. The molecule has 1 aliphatic carbocycles. The maximum absolute atomic E-state index is 11.1. The van der Waals surface area contributed by atoms with Crippen LogP contribution in [0.25, 0.3) is 0 Å². The van der Waals surface area contributed by atoms with E-state index in [1.807, 2.05) is 0 Å². The molecule has 0 spiro atoms. The summed E-state index contributed by atoms with van der Waals surface area (Å²) in [5.41, 5.74) is 35.6. The topological polar surface area (TPSA) is 353 Å². The molecule has 12 unspecified atom stereocenters. The van der Waals surface area contributed by atoms with Gasteiger partial charge >= 0.3 is 0 Å². The Balaban J connectivity index is 1.50. The molecule has 3 heterocycles. The first-order valence-corrected chi connectivity index (χ1v) is 13.9. The lowest BCUT2D eigenvalue weighted by molar-refractivity contribution is -0.306. The van der Waals surface area contributed by atoms with Crippen LogP contribution in [0.3, 0.4) is 0 Å². The second-order valence-corrected chi connectivity index (χ2v) is 11.2. The van der Waals surface area contributed by atoms with Gasteiger partial charge in [-0.2, -0.15) is 0 Å². The van der Waals surface area contributed by atoms with Crippen LogP contribution in [0, 0.1) is 0 Å². The second-order valence-electron chi connectivity index (χ2n) is 11.2. The van der Waals surface area contributed by atoms with Gasteiger partial charge in [-0.25, -0.2) is 0 Å². The summed E-state index contributed by atoms with van der Waals surface area (Å²) in [6, 6.07) is -4.18. The van der Waals surface area contributed by atoms with E-state index in [1.165, 1.54) is 0 Å². The number of nitrogens with two attached hydrogens (primary N) is 6. The smallest absolute Gasteiger partial charge is 0.187 e. The second kappa shape index (κ2) is 14.1. The van der Waals surface area contributed by atoms with Crippen LogP contribution in [0.2, 0.25) is 0 Å². The highest BCUT2D eigenvalue weighted by Crippen LogP contribution is 2.34. The summed E-state index contributed by atoms with van der Waals surface area (Å²) in [5.74, 6) is 0. The molecule has 4 fully saturated rings. The van der Waals surface area contributed by atoms with Gasteiger partial charge in [-0.05, 0) is 6.42 Å². The first-order chi connectivity index (χ1) is 19.8. The molecule has 3 aliphatic heterocycles. The lowest BCUT2D eigenvalue weighted by Crippen LogP contribution is -2.68. The average molecular weight is 615 g/mol. The minimum absolute atomic E-state index is 0.0889. The third-order valence-electron chi connectivity index (χ3n) is 8.37. The molecule has 0 aromatic carbocycles. The molecule has 4 rings (SSSR count). The van der Waals surface area contributed by atoms with Crippen LogP contribution in [0.4, 0.5) is 0 Å². The summed E-state index contributed by atoms with van der Waals surface area (Å²) < 4.78 is 34.6. The van der Waals surface area contributed by atoms with Crippen LogP contribution in [0.15, 0.2) is 0 Å². The number of rotatable bonds is 9. The van der Waals surface area contributed by atoms with Gasteiger partial charge in [0.25, 0.3) is 0 Å². The van der Waals surface area contributed by atoms with E-state index >= 15 is 0 Å². The zero-order chi connectivity index (χ0) is 31.0. The predicted molar refractivity (Wildman–Crippen MR) is 138 cm³/mol. The van der Waals surface area contributed by atoms with Crippen molar-refractivity contribution in [3.8, 4) is 0 Å². The van der Waals surface area contributed by atoms with Crippen molar-refractivity contribution in [1.29, 1.82) is 0 Å². The minimum atomic E-state index is -1.60. The van der Waals surface area contributed by atoms with Gasteiger partial charge in [0, 0.05) is 25.2 Å². The molecular formula is C23H46N6O13. The van der Waals surface area contributed by atoms with Crippen LogP contribution < -0.4 is 34.4 Å². The SMILES string of the molecule is NCC1O[C@H](OC2C(N)CC(N)C(O)[C@H]2O[C@@H]2O[C@H](CO)C(O[C@H]3OC(CN)[C@@H](O)C(O)C3N)C2O)C(N)C(O)[C@@H]1O. The molecule has 246 valence electrons. The van der Waals surface area contributed by atoms with Crippen molar-refractivity contribution in [2.45, 2.75) is 123 Å². The Bertz CT molecular complexity index is 868. The Morgan fingerprint density at radius 3 is 1.45 bits per heavy atom. The van der Waals surface area contributed by atoms with Gasteiger partial charge in [0.1, 0.15) is 67.1 Å². The van der Waals surface area contributed by atoms with E-state index in [9.17, 15) is 35.7 Å². The fourth-order valence-corrected chi connectivity index (χ4v) is 5.74. The molecule has 19 nitrogen and oxygen atoms in total. The van der Waals surface area contributed by atoms with Gasteiger partial charge in [0.15, 0.2) is 18.9 Å². The van der Waals surface area contributed by atoms with E-state index < -0.39 is 123 Å². The van der Waals surface area contributed by atoms with Crippen LogP contribution in [0.1, 0.15) is 6.42 Å². The van der Waals surface area contributed by atoms with Crippen molar-refractivity contribution in [3.63, 3.8) is 0 Å². The fourth-order valence-electron chi connectivity index (χ4n) is 5.74. The number of hydrogen-bond donors (Lipinski definition) is 13. The first kappa shape index (κ1) is 34.1. The summed E-state index contributed by atoms with van der Waals surface area (Å²) in [5, 5.41) is 73.0. The lowest BCUT2D eigenvalue weighted by Gasteiger charge is -2.47. The summed E-state index contributed by atoms with van der Waals surface area (Å²) in [4.78, 5) is 0. The normalized spacial score (nSPS) is 53.8. The van der Waals surface area contributed by atoms with Crippen molar-refractivity contribution in [3.05, 3.63) is 0 Å². The van der Waals surface area contributed by atoms with Crippen LogP contribution in [-0.2, 0) is 28.4 Å². The van der Waals surface area contributed by atoms with E-state index in [2.05, 4.69) is 0 Å². The first-order valence-electron chi connectivity index (χ1n) is 13.9. The molecular weight excluding hydrogens is 568 g/mol. The average Bonchev–Trinajstić information content (AvgIpc) is 3.27. The summed E-state index contributed by atoms with van der Waals surface area (Å²) in [6.07, 6.45) is -19.8. The number of aliphatic hydroxyl groups excluding tert-OH is 7. The Morgan fingerprint density at radius 1 is 0.524 bits per heavy atom. The zero-order valence-electron chi connectivity index (χ0n) is 22.8. The summed E-state index contributed by atoms with van der Waals surface area (Å²) in [6.45, 7) is -0.967. The largest absolute Gasteiger partial charge is 0.394 e. The monoisotopic (exact) mass is 614 g/mol. The van der Waals surface area contributed by atoms with E-state index in [1.54, 1.807) is 0 Å². The van der Waals surface area contributed by atoms with Crippen LogP contribution in [0.5, 0.6) is 0 Å². The molecule has 0 amide bonds. The Labute approximate surface area is 241 Å². The Hall–Kier alpha value is -0.760. The Kier molecular flexibility index (Phi) is 11.5. The van der Waals surface area contributed by atoms with Gasteiger partial charge in [0.2, 0.25) is 0 Å². The maximum Gasteiger partial charge on any atom is 0.187 e. The molecule has 42 heavy (non-hydrogen) atoms. The van der Waals surface area contributed by atoms with Crippen LogP contribution >= 0.6 is 0 Å². The van der Waals surface area contributed by atoms with Crippen molar-refractivity contribution < 1.29 is 64.2 Å². The van der Waals surface area contributed by atoms with Crippen molar-refractivity contribution in [1.82, 2.24) is 0 Å². The number of hydrogen-bond acceptors (Lipinski definition) is 19. The van der Waals surface area contributed by atoms with E-state index in [0.717, 1.165) is 0 Å². The van der Waals surface area contributed by atoms with Gasteiger partial charge in [0.05, 0.1) is 24.8 Å². The molecule has 1 saturated carbocycles. The van der Waals surface area contributed by atoms with Gasteiger partial charge in [-0.15, -0.1) is 0 Å². The number of aliphatic hydroxyl groups is 7. The van der Waals surface area contributed by atoms with Gasteiger partial charge < -0.3 is 98.6 Å². The molecule has 19 atom stereocenters. The molecule has 0 aromatic heterocycles. The maximum atomic E-state index is 11.1. The predicted octanol–water partition coefficient (Wildman–Crippen LogP) is -8.90. The van der Waals surface area contributed by atoms with E-state index in [0.29, 0.717) is 0 Å². The lowest BCUT2D eigenvalue weighted by atomic mass is 9.84. The van der Waals surface area contributed by atoms with Crippen molar-refractivity contribution in [2.24, 2.45) is 34.4 Å². The highest BCUT2D eigenvalue weighted by Gasteiger charge is 2.54.